The van der Waals surface area contributed by atoms with Crippen molar-refractivity contribution in [3.8, 4) is 22.3 Å². The van der Waals surface area contributed by atoms with Crippen LogP contribution in [0.5, 0.6) is 0 Å². The molecular weight excluding hydrogens is 885 g/mol. The van der Waals surface area contributed by atoms with Gasteiger partial charge >= 0.3 is 0 Å². The summed E-state index contributed by atoms with van der Waals surface area (Å²) in [6, 6.07) is 93.8. The summed E-state index contributed by atoms with van der Waals surface area (Å²) in [5.41, 5.74) is 11.6. The molecule has 0 saturated carbocycles. The zero-order valence-electron chi connectivity index (χ0n) is 38.0. The van der Waals surface area contributed by atoms with Crippen LogP contribution >= 0.6 is 22.7 Å². The molecular formula is C66H42N2S2. The topological polar surface area (TPSA) is 6.48 Å². The number of hydrogen-bond donors (Lipinski definition) is 0. The van der Waals surface area contributed by atoms with E-state index in [0.717, 1.165) is 34.1 Å². The van der Waals surface area contributed by atoms with Crippen LogP contribution in [0, 0.1) is 0 Å². The monoisotopic (exact) mass is 926 g/mol. The standard InChI is InChI=1S/C66H42N2S2/c1-3-21-45(22-4-1)67(47-25-15-19-43(39-47)49-33-17-35-57-55-31-11-13-37-63(55)69-65(49)57)61-41-59-52-28-8-10-30-54(52)62(42-60(59)51-27-7-9-29-53(51)61)68(46-23-5-2-6-24-46)48-26-16-20-44(40-48)50-34-18-36-58-56-32-12-14-38-64(56)70-66(50)58/h1-42H. The van der Waals surface area contributed by atoms with Gasteiger partial charge in [-0.2, -0.15) is 0 Å². The van der Waals surface area contributed by atoms with Gasteiger partial charge in [0.1, 0.15) is 0 Å². The first-order valence-electron chi connectivity index (χ1n) is 23.8. The number of nitrogens with zero attached hydrogens (tertiary/aromatic N) is 2. The first-order chi connectivity index (χ1) is 34.7. The molecule has 0 fully saturated rings. The average molecular weight is 927 g/mol. The molecule has 14 aromatic rings. The van der Waals surface area contributed by atoms with Crippen LogP contribution < -0.4 is 9.80 Å². The lowest BCUT2D eigenvalue weighted by Crippen LogP contribution is -2.12. The van der Waals surface area contributed by atoms with Crippen LogP contribution in [-0.4, -0.2) is 0 Å². The Hall–Kier alpha value is -8.54. The van der Waals surface area contributed by atoms with Crippen LogP contribution in [0.4, 0.5) is 34.1 Å². The second-order valence-corrected chi connectivity index (χ2v) is 20.1. The molecule has 0 radical (unpaired) electrons. The minimum absolute atomic E-state index is 1.10. The molecule has 0 saturated heterocycles. The molecule has 0 atom stereocenters. The van der Waals surface area contributed by atoms with Crippen molar-refractivity contribution in [3.05, 3.63) is 255 Å². The van der Waals surface area contributed by atoms with Gasteiger partial charge in [-0.15, -0.1) is 22.7 Å². The van der Waals surface area contributed by atoms with Crippen molar-refractivity contribution in [3.63, 3.8) is 0 Å². The lowest BCUT2D eigenvalue weighted by Gasteiger charge is -2.30. The predicted octanol–water partition coefficient (Wildman–Crippen LogP) is 20.2. The molecule has 0 spiro atoms. The van der Waals surface area contributed by atoms with Crippen LogP contribution in [0.15, 0.2) is 255 Å². The van der Waals surface area contributed by atoms with Crippen LogP contribution in [-0.2, 0) is 0 Å². The lowest BCUT2D eigenvalue weighted by atomic mass is 9.93. The fourth-order valence-electron chi connectivity index (χ4n) is 10.9. The van der Waals surface area contributed by atoms with Crippen LogP contribution in [0.25, 0.3) is 94.9 Å². The second-order valence-electron chi connectivity index (χ2n) is 18.0. The first-order valence-corrected chi connectivity index (χ1v) is 25.5. The van der Waals surface area contributed by atoms with E-state index in [0.29, 0.717) is 0 Å². The van der Waals surface area contributed by atoms with Gasteiger partial charge in [-0.25, -0.2) is 0 Å². The third-order valence-electron chi connectivity index (χ3n) is 14.0. The summed E-state index contributed by atoms with van der Waals surface area (Å²) < 4.78 is 5.25. The van der Waals surface area contributed by atoms with Crippen molar-refractivity contribution in [2.24, 2.45) is 0 Å². The Kier molecular flexibility index (Phi) is 9.61. The zero-order valence-corrected chi connectivity index (χ0v) is 39.6. The maximum Gasteiger partial charge on any atom is 0.0546 e. The molecule has 2 nitrogen and oxygen atoms in total. The molecule has 14 rings (SSSR count). The number of anilines is 6. The summed E-state index contributed by atoms with van der Waals surface area (Å²) in [6.07, 6.45) is 0. The van der Waals surface area contributed by atoms with Crippen molar-refractivity contribution in [2.45, 2.75) is 0 Å². The highest BCUT2D eigenvalue weighted by molar-refractivity contribution is 7.26. The lowest BCUT2D eigenvalue weighted by molar-refractivity contribution is 1.30. The van der Waals surface area contributed by atoms with Crippen LogP contribution in [0.3, 0.4) is 0 Å². The fourth-order valence-corrected chi connectivity index (χ4v) is 13.3. The number of thiophene rings is 2. The molecule has 12 aromatic carbocycles. The number of rotatable bonds is 8. The molecule has 0 unspecified atom stereocenters. The molecule has 0 aliphatic heterocycles. The Morgan fingerprint density at radius 1 is 0.229 bits per heavy atom. The molecule has 0 bridgehead atoms. The number of hydrogen-bond acceptors (Lipinski definition) is 4. The van der Waals surface area contributed by atoms with Crippen LogP contribution in [0.2, 0.25) is 0 Å². The number of para-hydroxylation sites is 2. The molecule has 2 aromatic heterocycles. The van der Waals surface area contributed by atoms with Gasteiger partial charge in [-0.3, -0.25) is 0 Å². The first kappa shape index (κ1) is 40.5. The van der Waals surface area contributed by atoms with E-state index in [4.69, 9.17) is 0 Å². The van der Waals surface area contributed by atoms with Crippen molar-refractivity contribution >= 4 is 129 Å². The van der Waals surface area contributed by atoms with Gasteiger partial charge < -0.3 is 9.80 Å². The fraction of sp³-hybridized carbons (Fsp3) is 0. The van der Waals surface area contributed by atoms with E-state index in [1.165, 1.54) is 94.9 Å². The minimum atomic E-state index is 1.10. The second kappa shape index (κ2) is 16.6. The van der Waals surface area contributed by atoms with Gasteiger partial charge in [-0.1, -0.05) is 182 Å². The summed E-state index contributed by atoms with van der Waals surface area (Å²) in [5, 5.41) is 12.4. The van der Waals surface area contributed by atoms with E-state index in [-0.39, 0.29) is 0 Å². The normalized spacial score (nSPS) is 11.7. The van der Waals surface area contributed by atoms with Gasteiger partial charge in [0, 0.05) is 73.9 Å². The zero-order chi connectivity index (χ0) is 46.1. The SMILES string of the molecule is c1ccc(N(c2cccc(-c3cccc4c3sc3ccccc34)c2)c2cc3c4ccccc4c(N(c4ccccc4)c4cccc(-c5cccc6c5sc5ccccc56)c4)cc3c3ccccc23)cc1. The molecule has 2 heterocycles. The minimum Gasteiger partial charge on any atom is -0.310 e. The highest BCUT2D eigenvalue weighted by Crippen LogP contribution is 2.49. The smallest absolute Gasteiger partial charge is 0.0546 e. The van der Waals surface area contributed by atoms with Gasteiger partial charge in [0.25, 0.3) is 0 Å². The Labute approximate surface area is 413 Å². The Bertz CT molecular complexity index is 4040. The van der Waals surface area contributed by atoms with Gasteiger partial charge in [-0.05, 0) is 117 Å². The van der Waals surface area contributed by atoms with Gasteiger partial charge in [0.15, 0.2) is 0 Å². The summed E-state index contributed by atoms with van der Waals surface area (Å²) in [5.74, 6) is 0. The van der Waals surface area contributed by atoms with E-state index >= 15 is 0 Å². The third kappa shape index (κ3) is 6.60. The quantitative estimate of drug-likeness (QED) is 0.140. The predicted molar refractivity (Wildman–Crippen MR) is 305 cm³/mol. The summed E-state index contributed by atoms with van der Waals surface area (Å²) in [7, 11) is 0. The van der Waals surface area contributed by atoms with Crippen molar-refractivity contribution < 1.29 is 0 Å². The number of fused-ring (bicyclic) bond motifs is 11. The molecule has 0 aliphatic carbocycles. The molecule has 0 N–H and O–H groups in total. The van der Waals surface area contributed by atoms with Crippen molar-refractivity contribution in [2.75, 3.05) is 9.80 Å². The molecule has 0 aliphatic rings. The molecule has 328 valence electrons. The van der Waals surface area contributed by atoms with Crippen molar-refractivity contribution in [1.29, 1.82) is 0 Å². The average Bonchev–Trinajstić information content (AvgIpc) is 4.01. The van der Waals surface area contributed by atoms with Gasteiger partial charge in [0.05, 0.1) is 11.4 Å². The van der Waals surface area contributed by atoms with E-state index in [1.807, 2.05) is 22.7 Å². The third-order valence-corrected chi connectivity index (χ3v) is 16.4. The van der Waals surface area contributed by atoms with E-state index in [2.05, 4.69) is 265 Å². The van der Waals surface area contributed by atoms with Crippen molar-refractivity contribution in [1.82, 2.24) is 0 Å². The summed E-state index contributed by atoms with van der Waals surface area (Å²) in [6.45, 7) is 0. The maximum atomic E-state index is 2.46. The molecule has 70 heavy (non-hydrogen) atoms. The number of benzene rings is 12. The van der Waals surface area contributed by atoms with E-state index < -0.39 is 0 Å². The molecule has 4 heteroatoms. The van der Waals surface area contributed by atoms with E-state index in [1.54, 1.807) is 0 Å². The molecule has 0 amide bonds. The Balaban J connectivity index is 0.976. The Morgan fingerprint density at radius 2 is 0.571 bits per heavy atom. The Morgan fingerprint density at radius 3 is 1.01 bits per heavy atom. The maximum absolute atomic E-state index is 2.46. The highest BCUT2D eigenvalue weighted by Gasteiger charge is 2.23. The van der Waals surface area contributed by atoms with Crippen LogP contribution in [0.1, 0.15) is 0 Å². The van der Waals surface area contributed by atoms with E-state index in [9.17, 15) is 0 Å². The largest absolute Gasteiger partial charge is 0.310 e. The summed E-state index contributed by atoms with van der Waals surface area (Å²) >= 11 is 3.76. The summed E-state index contributed by atoms with van der Waals surface area (Å²) in [4.78, 5) is 4.91. The highest BCUT2D eigenvalue weighted by atomic mass is 32.1. The van der Waals surface area contributed by atoms with Gasteiger partial charge in [0.2, 0.25) is 0 Å².